The number of aryl methyl sites for hydroxylation is 2. The maximum Gasteiger partial charge on any atom is 0.128 e. The van der Waals surface area contributed by atoms with Crippen LogP contribution in [0.3, 0.4) is 0 Å². The van der Waals surface area contributed by atoms with Gasteiger partial charge in [-0.3, -0.25) is 0 Å². The first kappa shape index (κ1) is 12.6. The van der Waals surface area contributed by atoms with Gasteiger partial charge in [0.15, 0.2) is 0 Å². The Morgan fingerprint density at radius 2 is 1.94 bits per heavy atom. The van der Waals surface area contributed by atoms with Crippen LogP contribution >= 0.6 is 0 Å². The summed E-state index contributed by atoms with van der Waals surface area (Å²) in [7, 11) is 1.93. The molecule has 1 fully saturated rings. The fourth-order valence-corrected chi connectivity index (χ4v) is 2.89. The van der Waals surface area contributed by atoms with E-state index in [4.69, 9.17) is 0 Å². The van der Waals surface area contributed by atoms with E-state index < -0.39 is 0 Å². The summed E-state index contributed by atoms with van der Waals surface area (Å²) in [6.45, 7) is 6.19. The molecule has 0 heterocycles. The van der Waals surface area contributed by atoms with Crippen molar-refractivity contribution in [3.8, 4) is 0 Å². The summed E-state index contributed by atoms with van der Waals surface area (Å²) >= 11 is 0. The van der Waals surface area contributed by atoms with Crippen molar-refractivity contribution in [3.63, 3.8) is 0 Å². The van der Waals surface area contributed by atoms with E-state index >= 15 is 0 Å². The molecule has 2 rings (SSSR count). The highest BCUT2D eigenvalue weighted by atomic mass is 19.1. The molecular formula is C15H22FN. The lowest BCUT2D eigenvalue weighted by atomic mass is 9.87. The van der Waals surface area contributed by atoms with Crippen LogP contribution in [0.1, 0.15) is 42.5 Å². The minimum Gasteiger partial charge on any atom is -0.313 e. The SMILES string of the molecule is CNC(c1c(C)cc(C)cc1F)C(C)C1CC1. The van der Waals surface area contributed by atoms with Crippen LogP contribution in [0.5, 0.6) is 0 Å². The number of hydrogen-bond acceptors (Lipinski definition) is 1. The first-order chi connectivity index (χ1) is 8.04. The normalized spacial score (nSPS) is 19.1. The van der Waals surface area contributed by atoms with E-state index in [-0.39, 0.29) is 11.9 Å². The van der Waals surface area contributed by atoms with Crippen molar-refractivity contribution in [2.24, 2.45) is 11.8 Å². The molecule has 2 heteroatoms. The molecule has 0 bridgehead atoms. The van der Waals surface area contributed by atoms with Crippen molar-refractivity contribution < 1.29 is 4.39 Å². The maximum atomic E-state index is 14.2. The molecule has 1 aliphatic carbocycles. The molecule has 0 radical (unpaired) electrons. The van der Waals surface area contributed by atoms with Crippen molar-refractivity contribution in [1.82, 2.24) is 5.32 Å². The van der Waals surface area contributed by atoms with Crippen LogP contribution in [0, 0.1) is 31.5 Å². The summed E-state index contributed by atoms with van der Waals surface area (Å²) in [6, 6.07) is 3.86. The van der Waals surface area contributed by atoms with Crippen LogP contribution in [0.2, 0.25) is 0 Å². The first-order valence-corrected chi connectivity index (χ1v) is 6.48. The minimum atomic E-state index is -0.0608. The molecule has 1 saturated carbocycles. The molecule has 2 atom stereocenters. The van der Waals surface area contributed by atoms with Crippen LogP contribution in [0.15, 0.2) is 12.1 Å². The van der Waals surface area contributed by atoms with Gasteiger partial charge < -0.3 is 5.32 Å². The highest BCUT2D eigenvalue weighted by Crippen LogP contribution is 2.43. The lowest BCUT2D eigenvalue weighted by Crippen LogP contribution is -2.26. The van der Waals surface area contributed by atoms with E-state index in [9.17, 15) is 4.39 Å². The summed E-state index contributed by atoms with van der Waals surface area (Å²) in [6.07, 6.45) is 2.59. The highest BCUT2D eigenvalue weighted by Gasteiger charge is 2.34. The third-order valence-electron chi connectivity index (χ3n) is 3.99. The second-order valence-corrected chi connectivity index (χ2v) is 5.44. The Bertz CT molecular complexity index is 386. The van der Waals surface area contributed by atoms with E-state index in [1.54, 1.807) is 6.07 Å². The van der Waals surface area contributed by atoms with E-state index in [1.165, 1.54) is 12.8 Å². The van der Waals surface area contributed by atoms with Crippen molar-refractivity contribution in [3.05, 3.63) is 34.6 Å². The Kier molecular flexibility index (Phi) is 3.53. The fourth-order valence-electron chi connectivity index (χ4n) is 2.89. The number of halogens is 1. The van der Waals surface area contributed by atoms with Crippen LogP contribution in [-0.4, -0.2) is 7.05 Å². The molecule has 0 aliphatic heterocycles. The van der Waals surface area contributed by atoms with Gasteiger partial charge in [-0.2, -0.15) is 0 Å². The Morgan fingerprint density at radius 3 is 2.41 bits per heavy atom. The Morgan fingerprint density at radius 1 is 1.29 bits per heavy atom. The van der Waals surface area contributed by atoms with Gasteiger partial charge in [0.1, 0.15) is 5.82 Å². The number of hydrogen-bond donors (Lipinski definition) is 1. The van der Waals surface area contributed by atoms with Crippen molar-refractivity contribution >= 4 is 0 Å². The zero-order valence-corrected chi connectivity index (χ0v) is 11.2. The maximum absolute atomic E-state index is 14.2. The molecule has 1 aliphatic rings. The zero-order chi connectivity index (χ0) is 12.6. The van der Waals surface area contributed by atoms with E-state index in [1.807, 2.05) is 20.9 Å². The molecule has 1 aromatic rings. The molecule has 1 nitrogen and oxygen atoms in total. The second-order valence-electron chi connectivity index (χ2n) is 5.44. The summed E-state index contributed by atoms with van der Waals surface area (Å²) < 4.78 is 14.2. The zero-order valence-electron chi connectivity index (χ0n) is 11.2. The predicted octanol–water partition coefficient (Wildman–Crippen LogP) is 3.75. The second kappa shape index (κ2) is 4.77. The Balaban J connectivity index is 2.35. The fraction of sp³-hybridized carbons (Fsp3) is 0.600. The Hall–Kier alpha value is -0.890. The van der Waals surface area contributed by atoms with Crippen LogP contribution < -0.4 is 5.32 Å². The molecule has 2 unspecified atom stereocenters. The molecule has 0 saturated heterocycles. The third kappa shape index (κ3) is 2.52. The van der Waals surface area contributed by atoms with Crippen LogP contribution in [-0.2, 0) is 0 Å². The monoisotopic (exact) mass is 235 g/mol. The van der Waals surface area contributed by atoms with Crippen molar-refractivity contribution in [2.45, 2.75) is 39.7 Å². The van der Waals surface area contributed by atoms with Gasteiger partial charge in [0, 0.05) is 11.6 Å². The Labute approximate surface area is 103 Å². The smallest absolute Gasteiger partial charge is 0.128 e. The average molecular weight is 235 g/mol. The van der Waals surface area contributed by atoms with E-state index in [0.717, 1.165) is 22.6 Å². The minimum absolute atomic E-state index is 0.0608. The predicted molar refractivity (Wildman–Crippen MR) is 69.6 cm³/mol. The van der Waals surface area contributed by atoms with Crippen LogP contribution in [0.25, 0.3) is 0 Å². The molecule has 0 aromatic heterocycles. The van der Waals surface area contributed by atoms with E-state index in [2.05, 4.69) is 18.3 Å². The van der Waals surface area contributed by atoms with Gasteiger partial charge in [-0.15, -0.1) is 0 Å². The lowest BCUT2D eigenvalue weighted by Gasteiger charge is -2.26. The lowest BCUT2D eigenvalue weighted by molar-refractivity contribution is 0.357. The number of nitrogens with one attached hydrogen (secondary N) is 1. The van der Waals surface area contributed by atoms with Gasteiger partial charge in [-0.05, 0) is 62.8 Å². The number of rotatable bonds is 4. The molecule has 17 heavy (non-hydrogen) atoms. The molecule has 0 amide bonds. The van der Waals surface area contributed by atoms with Crippen molar-refractivity contribution in [1.29, 1.82) is 0 Å². The average Bonchev–Trinajstić information content (AvgIpc) is 3.05. The summed E-state index contributed by atoms with van der Waals surface area (Å²) in [5, 5.41) is 3.30. The highest BCUT2D eigenvalue weighted by molar-refractivity contribution is 5.35. The van der Waals surface area contributed by atoms with Crippen LogP contribution in [0.4, 0.5) is 4.39 Å². The number of benzene rings is 1. The summed E-state index contributed by atoms with van der Waals surface area (Å²) in [5.41, 5.74) is 2.92. The third-order valence-corrected chi connectivity index (χ3v) is 3.99. The van der Waals surface area contributed by atoms with E-state index in [0.29, 0.717) is 5.92 Å². The van der Waals surface area contributed by atoms with Gasteiger partial charge in [0.05, 0.1) is 0 Å². The first-order valence-electron chi connectivity index (χ1n) is 6.48. The van der Waals surface area contributed by atoms with Gasteiger partial charge in [0.25, 0.3) is 0 Å². The summed E-state index contributed by atoms with van der Waals surface area (Å²) in [5.74, 6) is 1.22. The van der Waals surface area contributed by atoms with Gasteiger partial charge >= 0.3 is 0 Å². The molecule has 94 valence electrons. The standard InChI is InChI=1S/C15H22FN/c1-9-7-10(2)14(13(16)8-9)15(17-4)11(3)12-5-6-12/h7-8,11-12,15,17H,5-6H2,1-4H3. The molecule has 1 aromatic carbocycles. The van der Waals surface area contributed by atoms with Crippen molar-refractivity contribution in [2.75, 3.05) is 7.05 Å². The molecule has 1 N–H and O–H groups in total. The summed E-state index contributed by atoms with van der Waals surface area (Å²) in [4.78, 5) is 0. The molecular weight excluding hydrogens is 213 g/mol. The topological polar surface area (TPSA) is 12.0 Å². The largest absolute Gasteiger partial charge is 0.313 e. The molecule has 0 spiro atoms. The quantitative estimate of drug-likeness (QED) is 0.838. The van der Waals surface area contributed by atoms with Gasteiger partial charge in [-0.25, -0.2) is 4.39 Å². The van der Waals surface area contributed by atoms with Gasteiger partial charge in [0.2, 0.25) is 0 Å². The van der Waals surface area contributed by atoms with Gasteiger partial charge in [-0.1, -0.05) is 13.0 Å².